The molecule has 2 aromatic heterocycles. The summed E-state index contributed by atoms with van der Waals surface area (Å²) in [6, 6.07) is 9.64. The first-order chi connectivity index (χ1) is 11.8. The van der Waals surface area contributed by atoms with Gasteiger partial charge >= 0.3 is 0 Å². The fourth-order valence-electron chi connectivity index (χ4n) is 2.39. The highest BCUT2D eigenvalue weighted by molar-refractivity contribution is 7.90. The van der Waals surface area contributed by atoms with Gasteiger partial charge in [0.15, 0.2) is 11.5 Å². The van der Waals surface area contributed by atoms with Gasteiger partial charge in [0.1, 0.15) is 21.5 Å². The topological polar surface area (TPSA) is 89.2 Å². The van der Waals surface area contributed by atoms with Gasteiger partial charge in [-0.3, -0.25) is 0 Å². The van der Waals surface area contributed by atoms with Gasteiger partial charge in [0.25, 0.3) is 0 Å². The van der Waals surface area contributed by atoms with Crippen molar-refractivity contribution in [3.05, 3.63) is 42.2 Å². The Bertz CT molecular complexity index is 1000. The van der Waals surface area contributed by atoms with Crippen LogP contribution in [0.1, 0.15) is 13.3 Å². The van der Waals surface area contributed by atoms with Crippen LogP contribution in [0, 0.1) is 5.82 Å². The average molecular weight is 363 g/mol. The fraction of sp³-hybridized carbons (Fsp3) is 0.312. The molecule has 2 heterocycles. The Morgan fingerprint density at radius 3 is 2.68 bits per heavy atom. The molecule has 3 aromatic rings. The molecule has 9 heteroatoms. The van der Waals surface area contributed by atoms with Crippen LogP contribution in [0.5, 0.6) is 0 Å². The standard InChI is InChI=1S/C16H18FN5O2S/c1-11(9-10-25(2,23)24)18-14-7-8-15-19-20-16(22(15)21-14)12-5-3-4-6-13(12)17/h3-8,11H,9-10H2,1-2H3,(H,18,21). The maximum absolute atomic E-state index is 14.0. The van der Waals surface area contributed by atoms with Gasteiger partial charge in [-0.1, -0.05) is 12.1 Å². The quantitative estimate of drug-likeness (QED) is 0.722. The van der Waals surface area contributed by atoms with E-state index in [1.54, 1.807) is 30.3 Å². The minimum absolute atomic E-state index is 0.0898. The molecule has 0 fully saturated rings. The summed E-state index contributed by atoms with van der Waals surface area (Å²) in [5, 5.41) is 15.6. The molecule has 1 N–H and O–H groups in total. The molecule has 25 heavy (non-hydrogen) atoms. The molecule has 1 unspecified atom stereocenters. The van der Waals surface area contributed by atoms with E-state index in [4.69, 9.17) is 0 Å². The Balaban J connectivity index is 1.87. The third kappa shape index (κ3) is 4.11. The van der Waals surface area contributed by atoms with E-state index in [-0.39, 0.29) is 11.8 Å². The van der Waals surface area contributed by atoms with E-state index < -0.39 is 15.7 Å². The van der Waals surface area contributed by atoms with E-state index in [2.05, 4.69) is 20.6 Å². The Morgan fingerprint density at radius 1 is 1.20 bits per heavy atom. The lowest BCUT2D eigenvalue weighted by Gasteiger charge is -2.14. The number of anilines is 1. The van der Waals surface area contributed by atoms with E-state index in [9.17, 15) is 12.8 Å². The van der Waals surface area contributed by atoms with Gasteiger partial charge in [-0.25, -0.2) is 12.8 Å². The number of rotatable bonds is 6. The molecule has 0 aliphatic heterocycles. The van der Waals surface area contributed by atoms with Crippen LogP contribution in [-0.2, 0) is 9.84 Å². The summed E-state index contributed by atoms with van der Waals surface area (Å²) in [5.74, 6) is 0.529. The Labute approximate surface area is 144 Å². The normalized spacial score (nSPS) is 13.1. The number of aromatic nitrogens is 4. The van der Waals surface area contributed by atoms with Gasteiger partial charge < -0.3 is 5.32 Å². The molecule has 3 rings (SSSR count). The summed E-state index contributed by atoms with van der Waals surface area (Å²) < 4.78 is 38.0. The monoisotopic (exact) mass is 363 g/mol. The average Bonchev–Trinajstić information content (AvgIpc) is 2.96. The molecule has 132 valence electrons. The molecule has 7 nitrogen and oxygen atoms in total. The number of nitrogens with one attached hydrogen (secondary N) is 1. The first-order valence-electron chi connectivity index (χ1n) is 7.75. The van der Waals surface area contributed by atoms with Gasteiger partial charge in [0.2, 0.25) is 0 Å². The molecule has 0 saturated heterocycles. The maximum atomic E-state index is 14.0. The van der Waals surface area contributed by atoms with Crippen molar-refractivity contribution in [1.82, 2.24) is 19.8 Å². The molecule has 0 radical (unpaired) electrons. The molecule has 0 aliphatic rings. The summed E-state index contributed by atoms with van der Waals surface area (Å²) in [6.07, 6.45) is 1.67. The predicted octanol–water partition coefficient (Wildman–Crippen LogP) is 2.17. The van der Waals surface area contributed by atoms with Crippen LogP contribution in [0.4, 0.5) is 10.2 Å². The lowest BCUT2D eigenvalue weighted by molar-refractivity contribution is 0.595. The van der Waals surface area contributed by atoms with Crippen molar-refractivity contribution in [2.75, 3.05) is 17.3 Å². The minimum atomic E-state index is -3.01. The first-order valence-corrected chi connectivity index (χ1v) is 9.81. The van der Waals surface area contributed by atoms with Gasteiger partial charge in [0.05, 0.1) is 11.3 Å². The molecule has 0 saturated carbocycles. The van der Waals surface area contributed by atoms with Gasteiger partial charge in [0, 0.05) is 12.3 Å². The predicted molar refractivity (Wildman–Crippen MR) is 93.6 cm³/mol. The summed E-state index contributed by atoms with van der Waals surface area (Å²) >= 11 is 0. The number of sulfone groups is 1. The number of hydrogen-bond acceptors (Lipinski definition) is 6. The summed E-state index contributed by atoms with van der Waals surface area (Å²) in [7, 11) is -3.01. The van der Waals surface area contributed by atoms with Gasteiger partial charge in [-0.05, 0) is 37.6 Å². The lowest BCUT2D eigenvalue weighted by atomic mass is 10.2. The van der Waals surface area contributed by atoms with Crippen LogP contribution in [0.2, 0.25) is 0 Å². The third-order valence-corrected chi connectivity index (χ3v) is 4.67. The van der Waals surface area contributed by atoms with Crippen LogP contribution in [0.3, 0.4) is 0 Å². The minimum Gasteiger partial charge on any atom is -0.366 e. The highest BCUT2D eigenvalue weighted by Crippen LogP contribution is 2.21. The molecule has 1 aromatic carbocycles. The van der Waals surface area contributed by atoms with E-state index in [1.807, 2.05) is 6.92 Å². The van der Waals surface area contributed by atoms with Crippen molar-refractivity contribution >= 4 is 21.3 Å². The van der Waals surface area contributed by atoms with Crippen LogP contribution in [-0.4, -0.2) is 46.3 Å². The van der Waals surface area contributed by atoms with Gasteiger partial charge in [-0.15, -0.1) is 15.3 Å². The second kappa shape index (κ2) is 6.75. The van der Waals surface area contributed by atoms with Crippen molar-refractivity contribution in [1.29, 1.82) is 0 Å². The van der Waals surface area contributed by atoms with E-state index in [0.717, 1.165) is 0 Å². The Morgan fingerprint density at radius 2 is 1.96 bits per heavy atom. The van der Waals surface area contributed by atoms with Crippen molar-refractivity contribution in [2.45, 2.75) is 19.4 Å². The van der Waals surface area contributed by atoms with Crippen LogP contribution >= 0.6 is 0 Å². The number of halogens is 1. The summed E-state index contributed by atoms with van der Waals surface area (Å²) in [5.41, 5.74) is 0.803. The zero-order valence-electron chi connectivity index (χ0n) is 13.8. The third-order valence-electron chi connectivity index (χ3n) is 3.69. The van der Waals surface area contributed by atoms with Gasteiger partial charge in [-0.2, -0.15) is 4.52 Å². The van der Waals surface area contributed by atoms with Crippen LogP contribution in [0.15, 0.2) is 36.4 Å². The van der Waals surface area contributed by atoms with Crippen LogP contribution < -0.4 is 5.32 Å². The molecule has 0 bridgehead atoms. The fourth-order valence-corrected chi connectivity index (χ4v) is 3.17. The number of hydrogen-bond donors (Lipinski definition) is 1. The van der Waals surface area contributed by atoms with Crippen molar-refractivity contribution in [3.63, 3.8) is 0 Å². The SMILES string of the molecule is CC(CCS(C)(=O)=O)Nc1ccc2nnc(-c3ccccc3F)n2n1. The summed E-state index contributed by atoms with van der Waals surface area (Å²) in [6.45, 7) is 1.88. The molecule has 1 atom stereocenters. The van der Waals surface area contributed by atoms with E-state index in [1.165, 1.54) is 16.8 Å². The molecule has 0 spiro atoms. The second-order valence-electron chi connectivity index (χ2n) is 5.96. The Kier molecular flexibility index (Phi) is 4.67. The number of nitrogens with zero attached hydrogens (tertiary/aromatic N) is 4. The Hall–Kier alpha value is -2.55. The van der Waals surface area contributed by atoms with E-state index in [0.29, 0.717) is 29.3 Å². The highest BCUT2D eigenvalue weighted by atomic mass is 32.2. The first kappa shape index (κ1) is 17.3. The number of benzene rings is 1. The molecular formula is C16H18FN5O2S. The zero-order valence-corrected chi connectivity index (χ0v) is 14.7. The lowest BCUT2D eigenvalue weighted by Crippen LogP contribution is -2.20. The van der Waals surface area contributed by atoms with Crippen molar-refractivity contribution in [2.24, 2.45) is 0 Å². The molecular weight excluding hydrogens is 345 g/mol. The van der Waals surface area contributed by atoms with Crippen molar-refractivity contribution < 1.29 is 12.8 Å². The van der Waals surface area contributed by atoms with E-state index >= 15 is 0 Å². The molecule has 0 aliphatic carbocycles. The summed E-state index contributed by atoms with van der Waals surface area (Å²) in [4.78, 5) is 0. The zero-order chi connectivity index (χ0) is 18.0. The highest BCUT2D eigenvalue weighted by Gasteiger charge is 2.14. The largest absolute Gasteiger partial charge is 0.366 e. The maximum Gasteiger partial charge on any atom is 0.188 e. The molecule has 0 amide bonds. The smallest absolute Gasteiger partial charge is 0.188 e. The second-order valence-corrected chi connectivity index (χ2v) is 8.22. The van der Waals surface area contributed by atoms with Crippen molar-refractivity contribution in [3.8, 4) is 11.4 Å². The number of fused-ring (bicyclic) bond motifs is 1. The van der Waals surface area contributed by atoms with Crippen LogP contribution in [0.25, 0.3) is 17.0 Å².